The van der Waals surface area contributed by atoms with Crippen molar-refractivity contribution in [3.05, 3.63) is 36.8 Å². The number of hydrogen-bond donors (Lipinski definition) is 1. The minimum atomic E-state index is -0.113. The molecule has 0 radical (unpaired) electrons. The molecule has 0 aromatic carbocycles. The molecule has 0 saturated carbocycles. The van der Waals surface area contributed by atoms with Crippen molar-refractivity contribution in [2.45, 2.75) is 25.0 Å². The molecule has 130 valence electrons. The fraction of sp³-hybridized carbons (Fsp3) is 0.312. The molecule has 0 unspecified atom stereocenters. The zero-order chi connectivity index (χ0) is 17.8. The highest BCUT2D eigenvalue weighted by Crippen LogP contribution is 2.22. The molecule has 0 aliphatic rings. The van der Waals surface area contributed by atoms with E-state index < -0.39 is 0 Å². The van der Waals surface area contributed by atoms with E-state index in [1.807, 2.05) is 37.6 Å². The van der Waals surface area contributed by atoms with Gasteiger partial charge in [0.1, 0.15) is 5.82 Å². The summed E-state index contributed by atoms with van der Waals surface area (Å²) in [7, 11) is 1.87. The molecular weight excluding hydrogens is 338 g/mol. The van der Waals surface area contributed by atoms with E-state index in [4.69, 9.17) is 0 Å². The lowest BCUT2D eigenvalue weighted by Crippen LogP contribution is -2.18. The average molecular weight is 357 g/mol. The second-order valence-electron chi connectivity index (χ2n) is 5.70. The number of aromatic nitrogens is 6. The summed E-state index contributed by atoms with van der Waals surface area (Å²) < 4.78 is 3.62. The molecule has 0 aliphatic heterocycles. The van der Waals surface area contributed by atoms with Crippen molar-refractivity contribution in [1.29, 1.82) is 0 Å². The number of nitrogens with zero attached hydrogens (tertiary/aromatic N) is 6. The standard InChI is InChI=1S/C16H19N7OS/c1-11(2)23-13(6-8-18-23)19-14(24)10-25-16-21-20-15(22(16)3)12-5-4-7-17-9-12/h4-9,11H,10H2,1-3H3,(H,19,24). The van der Waals surface area contributed by atoms with Crippen molar-refractivity contribution >= 4 is 23.5 Å². The molecule has 9 heteroatoms. The summed E-state index contributed by atoms with van der Waals surface area (Å²) in [5.41, 5.74) is 0.884. The van der Waals surface area contributed by atoms with Gasteiger partial charge in [0.25, 0.3) is 0 Å². The SMILES string of the molecule is CC(C)n1nccc1NC(=O)CSc1nnc(-c2cccnc2)n1C. The zero-order valence-corrected chi connectivity index (χ0v) is 15.1. The monoisotopic (exact) mass is 357 g/mol. The van der Waals surface area contributed by atoms with Gasteiger partial charge < -0.3 is 9.88 Å². The fourth-order valence-corrected chi connectivity index (χ4v) is 3.03. The smallest absolute Gasteiger partial charge is 0.235 e. The van der Waals surface area contributed by atoms with E-state index in [1.54, 1.807) is 29.3 Å². The Hall–Kier alpha value is -2.68. The topological polar surface area (TPSA) is 90.5 Å². The van der Waals surface area contributed by atoms with Crippen LogP contribution in [0.5, 0.6) is 0 Å². The predicted octanol–water partition coefficient (Wildman–Crippen LogP) is 2.39. The second kappa shape index (κ2) is 7.47. The van der Waals surface area contributed by atoms with Crippen molar-refractivity contribution in [3.63, 3.8) is 0 Å². The highest BCUT2D eigenvalue weighted by molar-refractivity contribution is 7.99. The Kier molecular flexibility index (Phi) is 5.13. The van der Waals surface area contributed by atoms with Gasteiger partial charge in [-0.15, -0.1) is 10.2 Å². The summed E-state index contributed by atoms with van der Waals surface area (Å²) in [6.07, 6.45) is 5.12. The molecule has 3 aromatic heterocycles. The number of carbonyl (C=O) groups excluding carboxylic acids is 1. The number of hydrogen-bond acceptors (Lipinski definition) is 6. The Morgan fingerprint density at radius 1 is 1.28 bits per heavy atom. The minimum Gasteiger partial charge on any atom is -0.310 e. The molecule has 8 nitrogen and oxygen atoms in total. The first-order chi connectivity index (χ1) is 12.1. The maximum absolute atomic E-state index is 12.2. The normalized spacial score (nSPS) is 11.0. The second-order valence-corrected chi connectivity index (χ2v) is 6.64. The number of nitrogens with one attached hydrogen (secondary N) is 1. The molecule has 0 fully saturated rings. The number of pyridine rings is 1. The van der Waals surface area contributed by atoms with Crippen LogP contribution in [0.4, 0.5) is 5.82 Å². The van der Waals surface area contributed by atoms with E-state index in [-0.39, 0.29) is 17.7 Å². The maximum Gasteiger partial charge on any atom is 0.235 e. The van der Waals surface area contributed by atoms with E-state index in [2.05, 4.69) is 25.6 Å². The molecule has 25 heavy (non-hydrogen) atoms. The molecule has 0 atom stereocenters. The summed E-state index contributed by atoms with van der Waals surface area (Å²) in [5, 5.41) is 16.1. The lowest BCUT2D eigenvalue weighted by atomic mass is 10.3. The van der Waals surface area contributed by atoms with E-state index in [0.29, 0.717) is 16.8 Å². The van der Waals surface area contributed by atoms with E-state index in [0.717, 1.165) is 5.56 Å². The van der Waals surface area contributed by atoms with Crippen molar-refractivity contribution in [1.82, 2.24) is 29.5 Å². The Labute approximate surface area is 149 Å². The van der Waals surface area contributed by atoms with Crippen LogP contribution in [0.15, 0.2) is 41.9 Å². The van der Waals surface area contributed by atoms with Gasteiger partial charge in [0.15, 0.2) is 11.0 Å². The molecule has 3 heterocycles. The van der Waals surface area contributed by atoms with Crippen molar-refractivity contribution < 1.29 is 4.79 Å². The van der Waals surface area contributed by atoms with Gasteiger partial charge in [-0.1, -0.05) is 11.8 Å². The van der Waals surface area contributed by atoms with Crippen molar-refractivity contribution in [3.8, 4) is 11.4 Å². The fourth-order valence-electron chi connectivity index (χ4n) is 2.32. The molecule has 1 amide bonds. The molecule has 1 N–H and O–H groups in total. The van der Waals surface area contributed by atoms with Gasteiger partial charge in [-0.25, -0.2) is 4.68 Å². The summed E-state index contributed by atoms with van der Waals surface area (Å²) >= 11 is 1.33. The van der Waals surface area contributed by atoms with Gasteiger partial charge in [0.2, 0.25) is 5.91 Å². The first kappa shape index (κ1) is 17.2. The van der Waals surface area contributed by atoms with Crippen LogP contribution in [-0.4, -0.2) is 41.2 Å². The van der Waals surface area contributed by atoms with Crippen LogP contribution >= 0.6 is 11.8 Å². The van der Waals surface area contributed by atoms with Crippen LogP contribution in [0, 0.1) is 0 Å². The molecular formula is C16H19N7OS. The molecule has 0 bridgehead atoms. The van der Waals surface area contributed by atoms with Crippen LogP contribution in [0.25, 0.3) is 11.4 Å². The highest BCUT2D eigenvalue weighted by Gasteiger charge is 2.14. The third kappa shape index (κ3) is 3.87. The molecule has 0 saturated heterocycles. The van der Waals surface area contributed by atoms with Crippen LogP contribution in [0.2, 0.25) is 0 Å². The minimum absolute atomic E-state index is 0.113. The lowest BCUT2D eigenvalue weighted by Gasteiger charge is -2.11. The van der Waals surface area contributed by atoms with Gasteiger partial charge in [-0.2, -0.15) is 5.10 Å². The van der Waals surface area contributed by atoms with Crippen LogP contribution in [0.1, 0.15) is 19.9 Å². The molecule has 0 spiro atoms. The summed E-state index contributed by atoms with van der Waals surface area (Å²) in [6, 6.07) is 5.73. The van der Waals surface area contributed by atoms with Crippen molar-refractivity contribution in [2.24, 2.45) is 7.05 Å². The molecule has 0 aliphatic carbocycles. The Bertz CT molecular complexity index is 857. The van der Waals surface area contributed by atoms with Gasteiger partial charge in [-0.05, 0) is 26.0 Å². The first-order valence-electron chi connectivity index (χ1n) is 7.82. The number of thioether (sulfide) groups is 1. The Balaban J connectivity index is 1.63. The number of rotatable bonds is 6. The molecule has 3 rings (SSSR count). The average Bonchev–Trinajstić information content (AvgIpc) is 3.20. The van der Waals surface area contributed by atoms with Crippen molar-refractivity contribution in [2.75, 3.05) is 11.1 Å². The lowest BCUT2D eigenvalue weighted by molar-refractivity contribution is -0.113. The van der Waals surface area contributed by atoms with Gasteiger partial charge in [0, 0.05) is 37.1 Å². The largest absolute Gasteiger partial charge is 0.310 e. The predicted molar refractivity (Wildman–Crippen MR) is 96.2 cm³/mol. The van der Waals surface area contributed by atoms with E-state index >= 15 is 0 Å². The third-order valence-corrected chi connectivity index (χ3v) is 4.53. The highest BCUT2D eigenvalue weighted by atomic mass is 32.2. The van der Waals surface area contributed by atoms with Crippen LogP contribution < -0.4 is 5.32 Å². The summed E-state index contributed by atoms with van der Waals surface area (Å²) in [6.45, 7) is 4.02. The summed E-state index contributed by atoms with van der Waals surface area (Å²) in [4.78, 5) is 16.3. The van der Waals surface area contributed by atoms with Gasteiger partial charge in [0.05, 0.1) is 11.9 Å². The number of amides is 1. The van der Waals surface area contributed by atoms with Crippen LogP contribution in [0.3, 0.4) is 0 Å². The van der Waals surface area contributed by atoms with Gasteiger partial charge in [-0.3, -0.25) is 9.78 Å². The van der Waals surface area contributed by atoms with E-state index in [9.17, 15) is 4.79 Å². The Morgan fingerprint density at radius 3 is 2.84 bits per heavy atom. The Morgan fingerprint density at radius 2 is 2.12 bits per heavy atom. The summed E-state index contributed by atoms with van der Waals surface area (Å²) in [5.74, 6) is 1.53. The number of carbonyl (C=O) groups is 1. The van der Waals surface area contributed by atoms with Crippen LogP contribution in [-0.2, 0) is 11.8 Å². The maximum atomic E-state index is 12.2. The zero-order valence-electron chi connectivity index (χ0n) is 14.2. The first-order valence-corrected chi connectivity index (χ1v) is 8.80. The molecule has 3 aromatic rings. The third-order valence-electron chi connectivity index (χ3n) is 3.51. The van der Waals surface area contributed by atoms with E-state index in [1.165, 1.54) is 11.8 Å². The quantitative estimate of drug-likeness (QED) is 0.681. The van der Waals surface area contributed by atoms with Gasteiger partial charge >= 0.3 is 0 Å². The number of anilines is 1.